The summed E-state index contributed by atoms with van der Waals surface area (Å²) in [5.41, 5.74) is 3.22. The van der Waals surface area contributed by atoms with E-state index in [2.05, 4.69) is 36.2 Å². The minimum Gasteiger partial charge on any atom is -0.388 e. The second kappa shape index (κ2) is 11.0. The van der Waals surface area contributed by atoms with E-state index < -0.39 is 30.1 Å². The number of carbonyl (C=O) groups is 3. The highest BCUT2D eigenvalue weighted by Gasteiger charge is 2.32. The van der Waals surface area contributed by atoms with Gasteiger partial charge in [0.1, 0.15) is 6.61 Å². The summed E-state index contributed by atoms with van der Waals surface area (Å²) in [7, 11) is 1.40. The molecule has 1 fully saturated rings. The largest absolute Gasteiger partial charge is 0.388 e. The summed E-state index contributed by atoms with van der Waals surface area (Å²) in [5, 5.41) is 12.7. The van der Waals surface area contributed by atoms with E-state index in [1.807, 2.05) is 12.1 Å². The van der Waals surface area contributed by atoms with Crippen LogP contribution in [0.5, 0.6) is 0 Å². The molecule has 2 aromatic carbocycles. The van der Waals surface area contributed by atoms with Gasteiger partial charge in [0.25, 0.3) is 5.91 Å². The van der Waals surface area contributed by atoms with Gasteiger partial charge in [0.05, 0.1) is 0 Å². The minimum atomic E-state index is -1.28. The molecule has 0 saturated heterocycles. The van der Waals surface area contributed by atoms with Crippen molar-refractivity contribution in [3.05, 3.63) is 70.8 Å². The first kappa shape index (κ1) is 24.4. The lowest BCUT2D eigenvalue weighted by atomic mass is 10.0. The van der Waals surface area contributed by atoms with Crippen molar-refractivity contribution in [2.24, 2.45) is 0 Å². The fraction of sp³-hybridized carbons (Fsp3) is 0.370. The summed E-state index contributed by atoms with van der Waals surface area (Å²) in [6, 6.07) is 14.6. The van der Waals surface area contributed by atoms with E-state index in [0.29, 0.717) is 17.6 Å². The Kier molecular flexibility index (Phi) is 8.16. The first-order chi connectivity index (χ1) is 15.8. The predicted octanol–water partition coefficient (Wildman–Crippen LogP) is 2.88. The number of hydrogen-bond donors (Lipinski definition) is 2. The number of hydrogen-bond acceptors (Lipinski definition) is 5. The SMILES string of the molecule is CCC(=O)C(C(=O)CO)N(C)C(=O)c1ccc(C#Cc2ccc(C(C)NC3CC3)cc2)cc1. The molecule has 172 valence electrons. The second-order valence-electron chi connectivity index (χ2n) is 8.37. The van der Waals surface area contributed by atoms with E-state index in [4.69, 9.17) is 5.11 Å². The number of Topliss-reactive ketones (excluding diaryl/α,β-unsaturated/α-hetero) is 2. The van der Waals surface area contributed by atoms with Crippen molar-refractivity contribution in [2.45, 2.75) is 51.2 Å². The molecule has 6 heteroatoms. The number of rotatable bonds is 9. The Morgan fingerprint density at radius 3 is 2.03 bits per heavy atom. The Balaban J connectivity index is 1.66. The highest BCUT2D eigenvalue weighted by Crippen LogP contribution is 2.24. The molecule has 1 aliphatic rings. The maximum absolute atomic E-state index is 12.8. The molecule has 2 aromatic rings. The smallest absolute Gasteiger partial charge is 0.254 e. The maximum Gasteiger partial charge on any atom is 0.254 e. The number of carbonyl (C=O) groups excluding carboxylic acids is 3. The van der Waals surface area contributed by atoms with E-state index in [-0.39, 0.29) is 6.42 Å². The number of benzene rings is 2. The lowest BCUT2D eigenvalue weighted by Crippen LogP contribution is -2.48. The highest BCUT2D eigenvalue weighted by atomic mass is 16.3. The molecule has 3 rings (SSSR count). The lowest BCUT2D eigenvalue weighted by molar-refractivity contribution is -0.134. The van der Waals surface area contributed by atoms with Gasteiger partial charge in [-0.25, -0.2) is 0 Å². The number of amides is 1. The Morgan fingerprint density at radius 2 is 1.55 bits per heavy atom. The average Bonchev–Trinajstić information content (AvgIpc) is 3.66. The van der Waals surface area contributed by atoms with Crippen LogP contribution in [0.2, 0.25) is 0 Å². The van der Waals surface area contributed by atoms with Crippen molar-refractivity contribution in [1.82, 2.24) is 10.2 Å². The van der Waals surface area contributed by atoms with Crippen LogP contribution in [0.4, 0.5) is 0 Å². The fourth-order valence-corrected chi connectivity index (χ4v) is 3.61. The number of aliphatic hydroxyl groups is 1. The van der Waals surface area contributed by atoms with E-state index in [1.165, 1.54) is 25.5 Å². The zero-order valence-electron chi connectivity index (χ0n) is 19.3. The van der Waals surface area contributed by atoms with Crippen molar-refractivity contribution in [3.8, 4) is 11.8 Å². The van der Waals surface area contributed by atoms with Gasteiger partial charge in [-0.05, 0) is 61.7 Å². The number of nitrogens with one attached hydrogen (secondary N) is 1. The highest BCUT2D eigenvalue weighted by molar-refractivity contribution is 6.10. The van der Waals surface area contributed by atoms with Crippen LogP contribution in [0.15, 0.2) is 48.5 Å². The molecular formula is C27H30N2O4. The van der Waals surface area contributed by atoms with Crippen molar-refractivity contribution < 1.29 is 19.5 Å². The zero-order chi connectivity index (χ0) is 24.0. The van der Waals surface area contributed by atoms with Crippen LogP contribution in [-0.2, 0) is 9.59 Å². The lowest BCUT2D eigenvalue weighted by Gasteiger charge is -2.25. The van der Waals surface area contributed by atoms with E-state index in [1.54, 1.807) is 31.2 Å². The first-order valence-electron chi connectivity index (χ1n) is 11.3. The van der Waals surface area contributed by atoms with Crippen molar-refractivity contribution in [1.29, 1.82) is 0 Å². The van der Waals surface area contributed by atoms with Crippen molar-refractivity contribution in [3.63, 3.8) is 0 Å². The number of nitrogens with zero attached hydrogens (tertiary/aromatic N) is 1. The molecule has 0 spiro atoms. The molecule has 6 nitrogen and oxygen atoms in total. The summed E-state index contributed by atoms with van der Waals surface area (Å²) < 4.78 is 0. The second-order valence-corrected chi connectivity index (χ2v) is 8.37. The molecule has 2 unspecified atom stereocenters. The third-order valence-electron chi connectivity index (χ3n) is 5.78. The number of aliphatic hydroxyl groups excluding tert-OH is 1. The molecule has 0 aromatic heterocycles. The zero-order valence-corrected chi connectivity index (χ0v) is 19.3. The van der Waals surface area contributed by atoms with Crippen LogP contribution < -0.4 is 5.32 Å². The molecule has 0 bridgehead atoms. The molecule has 1 aliphatic carbocycles. The molecule has 0 radical (unpaired) electrons. The predicted molar refractivity (Wildman–Crippen MR) is 127 cm³/mol. The van der Waals surface area contributed by atoms with Gasteiger partial charge in [-0.1, -0.05) is 30.9 Å². The van der Waals surface area contributed by atoms with Crippen LogP contribution in [0.25, 0.3) is 0 Å². The maximum atomic E-state index is 12.8. The molecule has 0 heterocycles. The van der Waals surface area contributed by atoms with Crippen LogP contribution in [-0.4, -0.2) is 53.2 Å². The summed E-state index contributed by atoms with van der Waals surface area (Å²) in [4.78, 5) is 38.0. The normalized spacial score (nSPS) is 14.5. The van der Waals surface area contributed by atoms with Gasteiger partial charge in [0.15, 0.2) is 17.6 Å². The standard InChI is InChI=1S/C27H30N2O4/c1-4-24(31)26(25(32)17-30)29(3)27(33)22-13-9-20(10-14-22)6-5-19-7-11-21(12-8-19)18(2)28-23-15-16-23/h7-14,18,23,26,28,30H,4,15-17H2,1-3H3. The Labute approximate surface area is 195 Å². The van der Waals surface area contributed by atoms with Gasteiger partial charge in [-0.15, -0.1) is 0 Å². The molecular weight excluding hydrogens is 416 g/mol. The third-order valence-corrected chi connectivity index (χ3v) is 5.78. The summed E-state index contributed by atoms with van der Waals surface area (Å²) in [5.74, 6) is 4.66. The summed E-state index contributed by atoms with van der Waals surface area (Å²) >= 11 is 0. The van der Waals surface area contributed by atoms with Gasteiger partial charge in [0, 0.05) is 42.2 Å². The van der Waals surface area contributed by atoms with Crippen molar-refractivity contribution in [2.75, 3.05) is 13.7 Å². The van der Waals surface area contributed by atoms with Crippen LogP contribution in [0, 0.1) is 11.8 Å². The van der Waals surface area contributed by atoms with Gasteiger partial charge >= 0.3 is 0 Å². The van der Waals surface area contributed by atoms with E-state index in [9.17, 15) is 14.4 Å². The topological polar surface area (TPSA) is 86.7 Å². The number of ketones is 2. The average molecular weight is 447 g/mol. The Bertz CT molecular complexity index is 1040. The molecule has 0 aliphatic heterocycles. The van der Waals surface area contributed by atoms with Crippen LogP contribution in [0.3, 0.4) is 0 Å². The molecule has 2 N–H and O–H groups in total. The van der Waals surface area contributed by atoms with Crippen molar-refractivity contribution >= 4 is 17.5 Å². The molecule has 2 atom stereocenters. The third kappa shape index (κ3) is 6.38. The monoisotopic (exact) mass is 446 g/mol. The molecule has 1 amide bonds. The molecule has 1 saturated carbocycles. The van der Waals surface area contributed by atoms with Crippen LogP contribution >= 0.6 is 0 Å². The Morgan fingerprint density at radius 1 is 1.00 bits per heavy atom. The van der Waals surface area contributed by atoms with Crippen LogP contribution in [0.1, 0.15) is 66.2 Å². The van der Waals surface area contributed by atoms with Gasteiger partial charge in [-0.3, -0.25) is 14.4 Å². The number of likely N-dealkylation sites (N-methyl/N-ethyl adjacent to an activating group) is 1. The quantitative estimate of drug-likeness (QED) is 0.457. The van der Waals surface area contributed by atoms with E-state index >= 15 is 0 Å². The van der Waals surface area contributed by atoms with Gasteiger partial charge in [0.2, 0.25) is 0 Å². The fourth-order valence-electron chi connectivity index (χ4n) is 3.61. The van der Waals surface area contributed by atoms with Gasteiger partial charge in [-0.2, -0.15) is 0 Å². The summed E-state index contributed by atoms with van der Waals surface area (Å²) in [6.45, 7) is 2.99. The minimum absolute atomic E-state index is 0.0967. The Hall–Kier alpha value is -3.27. The van der Waals surface area contributed by atoms with Gasteiger partial charge < -0.3 is 15.3 Å². The summed E-state index contributed by atoms with van der Waals surface area (Å²) in [6.07, 6.45) is 2.61. The molecule has 33 heavy (non-hydrogen) atoms. The van der Waals surface area contributed by atoms with E-state index in [0.717, 1.165) is 16.0 Å². The first-order valence-corrected chi connectivity index (χ1v) is 11.3.